The Morgan fingerprint density at radius 2 is 1.72 bits per heavy atom. The molecule has 1 aromatic heterocycles. The molecule has 9 heteroatoms. The largest absolute Gasteiger partial charge is 0.483 e. The van der Waals surface area contributed by atoms with Gasteiger partial charge >= 0.3 is 0 Å². The van der Waals surface area contributed by atoms with Crippen molar-refractivity contribution in [3.8, 4) is 11.3 Å². The van der Waals surface area contributed by atoms with Crippen molar-refractivity contribution in [2.45, 2.75) is 45.4 Å². The highest BCUT2D eigenvalue weighted by Gasteiger charge is 2.48. The fourth-order valence-electron chi connectivity index (χ4n) is 3.56. The van der Waals surface area contributed by atoms with Gasteiger partial charge in [-0.3, -0.25) is 14.4 Å². The molecule has 1 atom stereocenters. The van der Waals surface area contributed by atoms with Crippen LogP contribution in [0.15, 0.2) is 46.9 Å². The molecule has 0 aliphatic carbocycles. The molecule has 176 valence electrons. The molecule has 2 aliphatic rings. The van der Waals surface area contributed by atoms with Gasteiger partial charge in [-0.25, -0.2) is 0 Å². The predicted molar refractivity (Wildman–Crippen MR) is 119 cm³/mol. The van der Waals surface area contributed by atoms with Crippen LogP contribution in [0.5, 0.6) is 0 Å². The van der Waals surface area contributed by atoms with E-state index >= 15 is 0 Å². The van der Waals surface area contributed by atoms with Crippen LogP contribution in [-0.2, 0) is 30.3 Å². The zero-order chi connectivity index (χ0) is 24.0. The van der Waals surface area contributed by atoms with Crippen molar-refractivity contribution in [1.29, 1.82) is 0 Å². The van der Waals surface area contributed by atoms with Crippen molar-refractivity contribution >= 4 is 18.8 Å². The third kappa shape index (κ3) is 7.51. The van der Waals surface area contributed by atoms with Gasteiger partial charge in [0.05, 0.1) is 26.2 Å². The SMILES string of the molecule is CC.CC1CC2(CN1C(=O)Cc1ccc(-c3ccccc3)o1)OCCO2.NC=O.O=CO. The number of nitrogens with two attached hydrogens (primary N) is 1. The third-order valence-electron chi connectivity index (χ3n) is 4.73. The van der Waals surface area contributed by atoms with Crippen LogP contribution in [0.3, 0.4) is 0 Å². The van der Waals surface area contributed by atoms with Gasteiger partial charge in [-0.2, -0.15) is 0 Å². The van der Waals surface area contributed by atoms with E-state index in [0.29, 0.717) is 25.5 Å². The lowest BCUT2D eigenvalue weighted by molar-refractivity contribution is -0.152. The predicted octanol–water partition coefficient (Wildman–Crippen LogP) is 2.68. The normalized spacial score (nSPS) is 17.7. The van der Waals surface area contributed by atoms with E-state index in [2.05, 4.69) is 5.73 Å². The Morgan fingerprint density at radius 1 is 1.16 bits per heavy atom. The minimum absolute atomic E-state index is 0.0486. The highest BCUT2D eigenvalue weighted by atomic mass is 16.7. The van der Waals surface area contributed by atoms with E-state index in [-0.39, 0.29) is 31.3 Å². The van der Waals surface area contributed by atoms with Gasteiger partial charge in [0.2, 0.25) is 12.3 Å². The molecule has 0 radical (unpaired) electrons. The van der Waals surface area contributed by atoms with Crippen LogP contribution in [0.4, 0.5) is 0 Å². The monoisotopic (exact) mass is 448 g/mol. The number of carbonyl (C=O) groups excluding carboxylic acids is 2. The maximum Gasteiger partial charge on any atom is 0.290 e. The highest BCUT2D eigenvalue weighted by molar-refractivity contribution is 5.79. The Morgan fingerprint density at radius 3 is 2.28 bits per heavy atom. The van der Waals surface area contributed by atoms with Crippen molar-refractivity contribution in [3.05, 3.63) is 48.2 Å². The number of nitrogens with zero attached hydrogens (tertiary/aromatic N) is 1. The highest BCUT2D eigenvalue weighted by Crippen LogP contribution is 2.35. The quantitative estimate of drug-likeness (QED) is 0.690. The first kappa shape index (κ1) is 26.9. The van der Waals surface area contributed by atoms with E-state index in [1.165, 1.54) is 0 Å². The van der Waals surface area contributed by atoms with E-state index < -0.39 is 5.79 Å². The van der Waals surface area contributed by atoms with Gasteiger partial charge in [-0.15, -0.1) is 0 Å². The maximum absolute atomic E-state index is 12.7. The Bertz CT molecular complexity index is 811. The summed E-state index contributed by atoms with van der Waals surface area (Å²) in [6.07, 6.45) is 1.24. The van der Waals surface area contributed by atoms with Crippen LogP contribution >= 0.6 is 0 Å². The summed E-state index contributed by atoms with van der Waals surface area (Å²) in [6.45, 7) is 7.50. The van der Waals surface area contributed by atoms with Gasteiger partial charge in [0.1, 0.15) is 11.5 Å². The zero-order valence-electron chi connectivity index (χ0n) is 18.7. The van der Waals surface area contributed by atoms with Crippen molar-refractivity contribution in [2.24, 2.45) is 5.73 Å². The Balaban J connectivity index is 0.000000567. The Hall–Kier alpha value is -3.17. The number of carboxylic acid groups (broad SMARTS) is 1. The number of furan rings is 1. The third-order valence-corrected chi connectivity index (χ3v) is 4.73. The molecule has 0 saturated carbocycles. The molecule has 4 rings (SSSR count). The summed E-state index contributed by atoms with van der Waals surface area (Å²) in [6, 6.07) is 13.8. The number of amides is 2. The maximum atomic E-state index is 12.7. The van der Waals surface area contributed by atoms with E-state index in [0.717, 1.165) is 17.7 Å². The number of benzene rings is 1. The van der Waals surface area contributed by atoms with Gasteiger partial charge in [0.25, 0.3) is 6.47 Å². The molecule has 2 amide bonds. The molecule has 1 spiro atoms. The molecular weight excluding hydrogens is 416 g/mol. The van der Waals surface area contributed by atoms with E-state index in [1.54, 1.807) is 0 Å². The van der Waals surface area contributed by atoms with E-state index in [1.807, 2.05) is 68.1 Å². The topological polar surface area (TPSA) is 132 Å². The molecule has 2 aliphatic heterocycles. The summed E-state index contributed by atoms with van der Waals surface area (Å²) in [5.41, 5.74) is 5.18. The first-order chi connectivity index (χ1) is 15.5. The summed E-state index contributed by atoms with van der Waals surface area (Å²) >= 11 is 0. The first-order valence-electron chi connectivity index (χ1n) is 10.4. The number of rotatable bonds is 3. The number of hydrogen-bond donors (Lipinski definition) is 2. The van der Waals surface area contributed by atoms with Gasteiger partial charge in [-0.05, 0) is 19.1 Å². The molecule has 2 saturated heterocycles. The van der Waals surface area contributed by atoms with Gasteiger partial charge < -0.3 is 29.6 Å². The number of primary amides is 1. The minimum atomic E-state index is -0.590. The van der Waals surface area contributed by atoms with Crippen LogP contribution < -0.4 is 5.73 Å². The number of ether oxygens (including phenoxy) is 2. The lowest BCUT2D eigenvalue weighted by Gasteiger charge is -2.22. The van der Waals surface area contributed by atoms with Crippen LogP contribution in [-0.4, -0.2) is 60.4 Å². The summed E-state index contributed by atoms with van der Waals surface area (Å²) in [5.74, 6) is 0.924. The lowest BCUT2D eigenvalue weighted by atomic mass is 10.2. The van der Waals surface area contributed by atoms with Crippen LogP contribution in [0.25, 0.3) is 11.3 Å². The van der Waals surface area contributed by atoms with Crippen LogP contribution in [0, 0.1) is 0 Å². The Labute approximate surface area is 188 Å². The molecule has 3 N–H and O–H groups in total. The van der Waals surface area contributed by atoms with Crippen LogP contribution in [0.2, 0.25) is 0 Å². The summed E-state index contributed by atoms with van der Waals surface area (Å²) in [7, 11) is 0. The summed E-state index contributed by atoms with van der Waals surface area (Å²) in [5, 5.41) is 6.89. The second kappa shape index (κ2) is 14.0. The molecule has 1 unspecified atom stereocenters. The van der Waals surface area contributed by atoms with Gasteiger partial charge in [0.15, 0.2) is 5.79 Å². The van der Waals surface area contributed by atoms with Crippen molar-refractivity contribution in [3.63, 3.8) is 0 Å². The first-order valence-corrected chi connectivity index (χ1v) is 10.4. The molecule has 9 nitrogen and oxygen atoms in total. The van der Waals surface area contributed by atoms with Crippen LogP contribution in [0.1, 0.15) is 33.0 Å². The fourth-order valence-corrected chi connectivity index (χ4v) is 3.56. The number of likely N-dealkylation sites (tertiary alicyclic amines) is 1. The Kier molecular flexibility index (Phi) is 11.8. The average molecular weight is 449 g/mol. The molecule has 3 heterocycles. The van der Waals surface area contributed by atoms with Crippen molar-refractivity contribution in [2.75, 3.05) is 19.8 Å². The average Bonchev–Trinajstić information content (AvgIpc) is 3.52. The standard InChI is InChI=1S/C19H21NO4.C2H6.CH3NO.CH2O2/c1-14-12-19(22-9-10-23-19)13-20(14)18(21)11-16-7-8-17(24-16)15-5-3-2-4-6-15;1-2;2*2-1-3/h2-8,14H,9-13H2,1H3;1-2H3;1H,(H2,2,3);1H,(H,2,3). The van der Waals surface area contributed by atoms with Gasteiger partial charge in [0, 0.05) is 18.0 Å². The fraction of sp³-hybridized carbons (Fsp3) is 0.435. The molecule has 1 aromatic carbocycles. The van der Waals surface area contributed by atoms with Crippen molar-refractivity contribution < 1.29 is 33.4 Å². The smallest absolute Gasteiger partial charge is 0.290 e. The van der Waals surface area contributed by atoms with Gasteiger partial charge in [-0.1, -0.05) is 44.2 Å². The summed E-state index contributed by atoms with van der Waals surface area (Å²) < 4.78 is 17.3. The minimum Gasteiger partial charge on any atom is -0.483 e. The molecular formula is C23H32N2O7. The zero-order valence-corrected chi connectivity index (χ0v) is 18.7. The van der Waals surface area contributed by atoms with E-state index in [4.69, 9.17) is 28.6 Å². The second-order valence-corrected chi connectivity index (χ2v) is 6.73. The molecule has 0 bridgehead atoms. The molecule has 32 heavy (non-hydrogen) atoms. The number of hydrogen-bond acceptors (Lipinski definition) is 6. The molecule has 2 aromatic rings. The van der Waals surface area contributed by atoms with Crippen molar-refractivity contribution in [1.82, 2.24) is 4.90 Å². The molecule has 2 fully saturated rings. The second-order valence-electron chi connectivity index (χ2n) is 6.73. The summed E-state index contributed by atoms with van der Waals surface area (Å²) in [4.78, 5) is 31.5. The van der Waals surface area contributed by atoms with E-state index in [9.17, 15) is 4.79 Å². The number of carbonyl (C=O) groups is 3. The lowest BCUT2D eigenvalue weighted by Crippen LogP contribution is -2.38.